The SMILES string of the molecule is CCCCCCCNC(=O)c1cc2ccccc2[nH]1. The number of H-pyrrole nitrogens is 1. The molecule has 2 aromatic rings. The van der Waals surface area contributed by atoms with Crippen LogP contribution in [0.4, 0.5) is 0 Å². The second kappa shape index (κ2) is 6.98. The Labute approximate surface area is 114 Å². The van der Waals surface area contributed by atoms with E-state index in [0.29, 0.717) is 5.69 Å². The Hall–Kier alpha value is -1.77. The van der Waals surface area contributed by atoms with Crippen LogP contribution < -0.4 is 5.32 Å². The number of fused-ring (bicyclic) bond motifs is 1. The molecule has 1 amide bonds. The van der Waals surface area contributed by atoms with Crippen molar-refractivity contribution < 1.29 is 4.79 Å². The van der Waals surface area contributed by atoms with Gasteiger partial charge in [-0.3, -0.25) is 4.79 Å². The van der Waals surface area contributed by atoms with Crippen molar-refractivity contribution in [1.29, 1.82) is 0 Å². The molecule has 2 rings (SSSR count). The number of hydrogen-bond acceptors (Lipinski definition) is 1. The van der Waals surface area contributed by atoms with Gasteiger partial charge in [-0.2, -0.15) is 0 Å². The quantitative estimate of drug-likeness (QED) is 0.728. The summed E-state index contributed by atoms with van der Waals surface area (Å²) in [4.78, 5) is 15.1. The molecule has 0 bridgehead atoms. The highest BCUT2D eigenvalue weighted by Gasteiger charge is 2.07. The molecular formula is C16H22N2O. The van der Waals surface area contributed by atoms with E-state index in [1.807, 2.05) is 30.3 Å². The van der Waals surface area contributed by atoms with E-state index in [1.165, 1.54) is 25.7 Å². The molecule has 3 nitrogen and oxygen atoms in total. The fraction of sp³-hybridized carbons (Fsp3) is 0.438. The van der Waals surface area contributed by atoms with Crippen LogP contribution in [0.25, 0.3) is 10.9 Å². The van der Waals surface area contributed by atoms with E-state index >= 15 is 0 Å². The first-order chi connectivity index (χ1) is 9.31. The van der Waals surface area contributed by atoms with Gasteiger partial charge in [-0.15, -0.1) is 0 Å². The topological polar surface area (TPSA) is 44.9 Å². The number of nitrogens with one attached hydrogen (secondary N) is 2. The molecule has 0 aliphatic carbocycles. The first-order valence-corrected chi connectivity index (χ1v) is 7.17. The van der Waals surface area contributed by atoms with Gasteiger partial charge >= 0.3 is 0 Å². The summed E-state index contributed by atoms with van der Waals surface area (Å²) in [5.74, 6) is -0.00769. The van der Waals surface area contributed by atoms with E-state index in [2.05, 4.69) is 17.2 Å². The van der Waals surface area contributed by atoms with Crippen molar-refractivity contribution in [2.24, 2.45) is 0 Å². The van der Waals surface area contributed by atoms with E-state index < -0.39 is 0 Å². The number of benzene rings is 1. The highest BCUT2D eigenvalue weighted by Crippen LogP contribution is 2.14. The molecule has 0 saturated heterocycles. The Bertz CT molecular complexity index is 497. The van der Waals surface area contributed by atoms with Crippen LogP contribution in [0.2, 0.25) is 0 Å². The molecule has 0 unspecified atom stereocenters. The molecule has 0 fully saturated rings. The summed E-state index contributed by atoms with van der Waals surface area (Å²) in [6.45, 7) is 2.97. The van der Waals surface area contributed by atoms with Crippen molar-refractivity contribution in [3.05, 3.63) is 36.0 Å². The fourth-order valence-electron chi connectivity index (χ4n) is 2.22. The number of amides is 1. The molecule has 102 valence electrons. The lowest BCUT2D eigenvalue weighted by atomic mass is 10.1. The molecule has 0 radical (unpaired) electrons. The normalized spacial score (nSPS) is 10.8. The maximum atomic E-state index is 12.0. The summed E-state index contributed by atoms with van der Waals surface area (Å²) >= 11 is 0. The minimum atomic E-state index is -0.00769. The Morgan fingerprint density at radius 2 is 1.95 bits per heavy atom. The van der Waals surface area contributed by atoms with Gasteiger partial charge in [0.2, 0.25) is 0 Å². The number of hydrogen-bond donors (Lipinski definition) is 2. The van der Waals surface area contributed by atoms with Crippen LogP contribution in [0, 0.1) is 0 Å². The molecule has 3 heteroatoms. The van der Waals surface area contributed by atoms with E-state index in [9.17, 15) is 4.79 Å². The molecule has 2 N–H and O–H groups in total. The van der Waals surface area contributed by atoms with Crippen LogP contribution in [0.1, 0.15) is 49.5 Å². The Morgan fingerprint density at radius 1 is 1.16 bits per heavy atom. The first kappa shape index (κ1) is 13.7. The highest BCUT2D eigenvalue weighted by atomic mass is 16.1. The lowest BCUT2D eigenvalue weighted by molar-refractivity contribution is 0.0949. The maximum absolute atomic E-state index is 12.0. The third kappa shape index (κ3) is 3.85. The predicted octanol–water partition coefficient (Wildman–Crippen LogP) is 3.87. The summed E-state index contributed by atoms with van der Waals surface area (Å²) in [5.41, 5.74) is 1.66. The summed E-state index contributed by atoms with van der Waals surface area (Å²) in [7, 11) is 0. The van der Waals surface area contributed by atoms with Crippen molar-refractivity contribution in [1.82, 2.24) is 10.3 Å². The number of aromatic amines is 1. The van der Waals surface area contributed by atoms with Crippen molar-refractivity contribution in [3.8, 4) is 0 Å². The summed E-state index contributed by atoms with van der Waals surface area (Å²) < 4.78 is 0. The number of para-hydroxylation sites is 1. The second-order valence-electron chi connectivity index (χ2n) is 4.94. The number of unbranched alkanes of at least 4 members (excludes halogenated alkanes) is 4. The fourth-order valence-corrected chi connectivity index (χ4v) is 2.22. The molecule has 1 aromatic heterocycles. The van der Waals surface area contributed by atoms with Crippen molar-refractivity contribution >= 4 is 16.8 Å². The molecule has 19 heavy (non-hydrogen) atoms. The van der Waals surface area contributed by atoms with Gasteiger partial charge in [-0.25, -0.2) is 0 Å². The van der Waals surface area contributed by atoms with Gasteiger partial charge < -0.3 is 10.3 Å². The van der Waals surface area contributed by atoms with E-state index in [0.717, 1.165) is 23.9 Å². The predicted molar refractivity (Wildman–Crippen MR) is 79.4 cm³/mol. The molecule has 0 saturated carbocycles. The number of carbonyl (C=O) groups is 1. The van der Waals surface area contributed by atoms with Crippen molar-refractivity contribution in [2.45, 2.75) is 39.0 Å². The van der Waals surface area contributed by atoms with Crippen LogP contribution in [0.3, 0.4) is 0 Å². The van der Waals surface area contributed by atoms with Crippen molar-refractivity contribution in [3.63, 3.8) is 0 Å². The zero-order valence-electron chi connectivity index (χ0n) is 11.5. The largest absolute Gasteiger partial charge is 0.351 e. The van der Waals surface area contributed by atoms with Gasteiger partial charge in [-0.05, 0) is 18.6 Å². The standard InChI is InChI=1S/C16H22N2O/c1-2-3-4-5-8-11-17-16(19)15-12-13-9-6-7-10-14(13)18-15/h6-7,9-10,12,18H,2-5,8,11H2,1H3,(H,17,19). The van der Waals surface area contributed by atoms with Gasteiger partial charge in [0.05, 0.1) is 0 Å². The number of rotatable bonds is 7. The van der Waals surface area contributed by atoms with E-state index in [-0.39, 0.29) is 5.91 Å². The summed E-state index contributed by atoms with van der Waals surface area (Å²) in [6, 6.07) is 9.84. The zero-order chi connectivity index (χ0) is 13.5. The number of carbonyl (C=O) groups excluding carboxylic acids is 1. The van der Waals surface area contributed by atoms with Crippen LogP contribution in [-0.4, -0.2) is 17.4 Å². The Balaban J connectivity index is 1.79. The Morgan fingerprint density at radius 3 is 2.74 bits per heavy atom. The van der Waals surface area contributed by atoms with Gasteiger partial charge in [0.15, 0.2) is 0 Å². The monoisotopic (exact) mass is 258 g/mol. The molecule has 0 aliphatic rings. The van der Waals surface area contributed by atoms with Crippen molar-refractivity contribution in [2.75, 3.05) is 6.54 Å². The third-order valence-corrected chi connectivity index (χ3v) is 3.34. The average Bonchev–Trinajstić information content (AvgIpc) is 2.86. The minimum absolute atomic E-state index is 0.00769. The van der Waals surface area contributed by atoms with Gasteiger partial charge in [0, 0.05) is 17.4 Å². The van der Waals surface area contributed by atoms with Gasteiger partial charge in [-0.1, -0.05) is 50.8 Å². The Kier molecular flexibility index (Phi) is 5.01. The molecule has 1 heterocycles. The highest BCUT2D eigenvalue weighted by molar-refractivity contribution is 5.97. The van der Waals surface area contributed by atoms with E-state index in [4.69, 9.17) is 0 Å². The van der Waals surface area contributed by atoms with Crippen LogP contribution in [0.15, 0.2) is 30.3 Å². The van der Waals surface area contributed by atoms with Gasteiger partial charge in [0.1, 0.15) is 5.69 Å². The maximum Gasteiger partial charge on any atom is 0.267 e. The van der Waals surface area contributed by atoms with Gasteiger partial charge in [0.25, 0.3) is 5.91 Å². The lowest BCUT2D eigenvalue weighted by Gasteiger charge is -2.03. The second-order valence-corrected chi connectivity index (χ2v) is 4.94. The smallest absolute Gasteiger partial charge is 0.267 e. The van der Waals surface area contributed by atoms with E-state index in [1.54, 1.807) is 0 Å². The summed E-state index contributed by atoms with van der Waals surface area (Å²) in [5, 5.41) is 4.05. The lowest BCUT2D eigenvalue weighted by Crippen LogP contribution is -2.24. The zero-order valence-corrected chi connectivity index (χ0v) is 11.5. The molecule has 1 aromatic carbocycles. The molecule has 0 spiro atoms. The molecular weight excluding hydrogens is 236 g/mol. The minimum Gasteiger partial charge on any atom is -0.351 e. The van der Waals surface area contributed by atoms with Crippen LogP contribution in [0.5, 0.6) is 0 Å². The average molecular weight is 258 g/mol. The summed E-state index contributed by atoms with van der Waals surface area (Å²) in [6.07, 6.45) is 6.06. The first-order valence-electron chi connectivity index (χ1n) is 7.17. The molecule has 0 atom stereocenters. The third-order valence-electron chi connectivity index (χ3n) is 3.34. The molecule has 0 aliphatic heterocycles. The van der Waals surface area contributed by atoms with Crippen LogP contribution in [-0.2, 0) is 0 Å². The van der Waals surface area contributed by atoms with Crippen LogP contribution >= 0.6 is 0 Å². The number of aromatic nitrogens is 1.